The van der Waals surface area contributed by atoms with Gasteiger partial charge in [0.1, 0.15) is 11.6 Å². The lowest BCUT2D eigenvalue weighted by molar-refractivity contribution is 0.191. The van der Waals surface area contributed by atoms with E-state index < -0.39 is 12.7 Å². The van der Waals surface area contributed by atoms with E-state index in [1.54, 1.807) is 0 Å². The van der Waals surface area contributed by atoms with Gasteiger partial charge in [0.2, 0.25) is 6.86 Å². The highest BCUT2D eigenvalue weighted by Crippen LogP contribution is 2.29. The van der Waals surface area contributed by atoms with Crippen LogP contribution in [0.3, 0.4) is 0 Å². The van der Waals surface area contributed by atoms with Crippen molar-refractivity contribution in [2.75, 3.05) is 6.86 Å². The van der Waals surface area contributed by atoms with E-state index in [4.69, 9.17) is 23.2 Å². The van der Waals surface area contributed by atoms with Crippen LogP contribution in [-0.2, 0) is 0 Å². The van der Waals surface area contributed by atoms with Crippen LogP contribution in [0.15, 0.2) is 12.1 Å². The summed E-state index contributed by atoms with van der Waals surface area (Å²) in [6, 6.07) is 2.09. The fourth-order valence-corrected chi connectivity index (χ4v) is 1.11. The fourth-order valence-electron chi connectivity index (χ4n) is 0.674. The van der Waals surface area contributed by atoms with Crippen molar-refractivity contribution in [2.45, 2.75) is 0 Å². The number of benzene rings is 1. The van der Waals surface area contributed by atoms with E-state index >= 15 is 0 Å². The quantitative estimate of drug-likeness (QED) is 0.683. The Bertz CT molecular complexity index is 291. The molecule has 0 bridgehead atoms. The molecule has 0 aliphatic heterocycles. The van der Waals surface area contributed by atoms with Crippen LogP contribution in [0, 0.1) is 5.82 Å². The summed E-state index contributed by atoms with van der Waals surface area (Å²) in [6.45, 7) is -1.05. The number of hydrogen-bond donors (Lipinski definition) is 0. The van der Waals surface area contributed by atoms with Gasteiger partial charge in [0.05, 0.1) is 10.0 Å². The second-order valence-electron chi connectivity index (χ2n) is 1.95. The highest BCUT2D eigenvalue weighted by molar-refractivity contribution is 6.35. The van der Waals surface area contributed by atoms with Gasteiger partial charge in [-0.2, -0.15) is 0 Å². The number of rotatable bonds is 2. The molecule has 0 heterocycles. The summed E-state index contributed by atoms with van der Waals surface area (Å²) >= 11 is 10.9. The maximum Gasteiger partial charge on any atom is 0.228 e. The van der Waals surface area contributed by atoms with E-state index in [9.17, 15) is 8.78 Å². The smallest absolute Gasteiger partial charge is 0.228 e. The third-order valence-corrected chi connectivity index (χ3v) is 1.77. The Balaban J connectivity index is 3.05. The third-order valence-electron chi connectivity index (χ3n) is 1.18. The maximum atomic E-state index is 12.7. The minimum absolute atomic E-state index is 0.0546. The molecule has 0 aliphatic carbocycles. The average Bonchev–Trinajstić information content (AvgIpc) is 2.01. The molecule has 0 saturated carbocycles. The van der Waals surface area contributed by atoms with E-state index in [0.29, 0.717) is 0 Å². The van der Waals surface area contributed by atoms with Gasteiger partial charge in [0, 0.05) is 6.07 Å². The van der Waals surface area contributed by atoms with Crippen LogP contribution in [0.5, 0.6) is 5.75 Å². The van der Waals surface area contributed by atoms with Crippen LogP contribution >= 0.6 is 23.2 Å². The first-order valence-corrected chi connectivity index (χ1v) is 3.74. The molecule has 66 valence electrons. The summed E-state index contributed by atoms with van der Waals surface area (Å²) in [7, 11) is 0. The Morgan fingerprint density at radius 1 is 1.25 bits per heavy atom. The lowest BCUT2D eigenvalue weighted by Crippen LogP contribution is -1.92. The lowest BCUT2D eigenvalue weighted by atomic mass is 10.3. The molecule has 0 spiro atoms. The van der Waals surface area contributed by atoms with Crippen molar-refractivity contribution in [2.24, 2.45) is 0 Å². The number of ether oxygens (including phenoxy) is 1. The van der Waals surface area contributed by atoms with Crippen molar-refractivity contribution >= 4 is 23.2 Å². The highest BCUT2D eigenvalue weighted by atomic mass is 35.5. The van der Waals surface area contributed by atoms with Crippen molar-refractivity contribution in [1.82, 2.24) is 0 Å². The summed E-state index contributed by atoms with van der Waals surface area (Å²) in [6.07, 6.45) is 0. The van der Waals surface area contributed by atoms with Gasteiger partial charge in [-0.05, 0) is 6.07 Å². The SMILES string of the molecule is FCOc1cc(F)c(Cl)cc1Cl. The Kier molecular flexibility index (Phi) is 3.12. The van der Waals surface area contributed by atoms with E-state index in [2.05, 4.69) is 4.74 Å². The molecule has 1 aromatic rings. The number of hydrogen-bond acceptors (Lipinski definition) is 1. The molecule has 1 aromatic carbocycles. The van der Waals surface area contributed by atoms with Gasteiger partial charge in [-0.1, -0.05) is 23.2 Å². The minimum Gasteiger partial charge on any atom is -0.461 e. The molecular weight excluding hydrogens is 209 g/mol. The molecule has 0 aromatic heterocycles. The number of halogens is 4. The predicted octanol–water partition coefficient (Wildman–Crippen LogP) is 3.44. The molecule has 1 nitrogen and oxygen atoms in total. The van der Waals surface area contributed by atoms with E-state index in [-0.39, 0.29) is 15.8 Å². The molecule has 0 unspecified atom stereocenters. The second kappa shape index (κ2) is 3.92. The summed E-state index contributed by atoms with van der Waals surface area (Å²) in [5.41, 5.74) is 0. The first-order chi connectivity index (χ1) is 5.65. The van der Waals surface area contributed by atoms with Crippen LogP contribution < -0.4 is 4.74 Å². The van der Waals surface area contributed by atoms with Crippen molar-refractivity contribution in [3.8, 4) is 5.75 Å². The van der Waals surface area contributed by atoms with E-state index in [1.165, 1.54) is 0 Å². The molecule has 0 saturated heterocycles. The predicted molar refractivity (Wildman–Crippen MR) is 43.0 cm³/mol. The Labute approximate surface area is 77.8 Å². The monoisotopic (exact) mass is 212 g/mol. The van der Waals surface area contributed by atoms with Gasteiger partial charge in [-0.25, -0.2) is 8.78 Å². The minimum atomic E-state index is -1.05. The first kappa shape index (κ1) is 9.55. The summed E-state index contributed by atoms with van der Waals surface area (Å²) in [5.74, 6) is -0.745. The highest BCUT2D eigenvalue weighted by Gasteiger charge is 2.07. The molecule has 1 rings (SSSR count). The molecule has 5 heteroatoms. The Morgan fingerprint density at radius 3 is 2.50 bits per heavy atom. The van der Waals surface area contributed by atoms with E-state index in [0.717, 1.165) is 12.1 Å². The average molecular weight is 213 g/mol. The maximum absolute atomic E-state index is 12.7. The zero-order valence-electron chi connectivity index (χ0n) is 5.78. The molecule has 12 heavy (non-hydrogen) atoms. The third kappa shape index (κ3) is 1.99. The van der Waals surface area contributed by atoms with Gasteiger partial charge in [-0.3, -0.25) is 0 Å². The second-order valence-corrected chi connectivity index (χ2v) is 2.76. The summed E-state index contributed by atoms with van der Waals surface area (Å²) < 4.78 is 28.7. The van der Waals surface area contributed by atoms with Gasteiger partial charge in [0.25, 0.3) is 0 Å². The van der Waals surface area contributed by atoms with Gasteiger partial charge >= 0.3 is 0 Å². The standard InChI is InChI=1S/C7H4Cl2F2O/c8-4-1-5(9)7(12-3-10)2-6(4)11/h1-2H,3H2. The molecule has 0 aliphatic rings. The van der Waals surface area contributed by atoms with Crippen LogP contribution in [0.2, 0.25) is 10.0 Å². The van der Waals surface area contributed by atoms with E-state index in [1.807, 2.05) is 0 Å². The largest absolute Gasteiger partial charge is 0.461 e. The van der Waals surface area contributed by atoms with Crippen molar-refractivity contribution < 1.29 is 13.5 Å². The van der Waals surface area contributed by atoms with Crippen molar-refractivity contribution in [3.05, 3.63) is 28.0 Å². The van der Waals surface area contributed by atoms with Crippen LogP contribution in [-0.4, -0.2) is 6.86 Å². The first-order valence-electron chi connectivity index (χ1n) is 2.98. The molecular formula is C7H4Cl2F2O. The molecule has 0 fully saturated rings. The Morgan fingerprint density at radius 2 is 1.92 bits per heavy atom. The zero-order valence-corrected chi connectivity index (χ0v) is 7.29. The topological polar surface area (TPSA) is 9.23 Å². The molecule has 0 amide bonds. The normalized spacial score (nSPS) is 10.0. The van der Waals surface area contributed by atoms with Gasteiger partial charge in [-0.15, -0.1) is 0 Å². The zero-order chi connectivity index (χ0) is 9.14. The molecule has 0 atom stereocenters. The summed E-state index contributed by atoms with van der Waals surface area (Å²) in [5, 5.41) is -0.0368. The molecule has 0 N–H and O–H groups in total. The van der Waals surface area contributed by atoms with Crippen LogP contribution in [0.25, 0.3) is 0 Å². The lowest BCUT2D eigenvalue weighted by Gasteiger charge is -2.04. The molecule has 0 radical (unpaired) electrons. The number of alkyl halides is 1. The van der Waals surface area contributed by atoms with Gasteiger partial charge < -0.3 is 4.74 Å². The Hall–Kier alpha value is -0.540. The van der Waals surface area contributed by atoms with Crippen molar-refractivity contribution in [1.29, 1.82) is 0 Å². The van der Waals surface area contributed by atoms with Gasteiger partial charge in [0.15, 0.2) is 0 Å². The fraction of sp³-hybridized carbons (Fsp3) is 0.143. The van der Waals surface area contributed by atoms with Crippen molar-refractivity contribution in [3.63, 3.8) is 0 Å². The summed E-state index contributed by atoms with van der Waals surface area (Å²) in [4.78, 5) is 0. The van der Waals surface area contributed by atoms with Crippen LogP contribution in [0.1, 0.15) is 0 Å². The van der Waals surface area contributed by atoms with Crippen LogP contribution in [0.4, 0.5) is 8.78 Å².